The number of hydrogen-bond donors (Lipinski definition) is 3. The lowest BCUT2D eigenvalue weighted by Crippen LogP contribution is -2.35. The first kappa shape index (κ1) is 20.6. The number of aliphatic hydroxyl groups is 3. The minimum atomic E-state index is -1.23. The maximum atomic E-state index is 10.4. The molecule has 4 heterocycles. The molecule has 0 radical (unpaired) electrons. The molecule has 31 heavy (non-hydrogen) atoms. The summed E-state index contributed by atoms with van der Waals surface area (Å²) in [6.45, 7) is 1.21. The number of anilines is 1. The van der Waals surface area contributed by atoms with Gasteiger partial charge in [0.15, 0.2) is 23.2 Å². The van der Waals surface area contributed by atoms with Crippen molar-refractivity contribution in [2.24, 2.45) is 0 Å². The van der Waals surface area contributed by atoms with E-state index >= 15 is 0 Å². The van der Waals surface area contributed by atoms with Gasteiger partial charge in [0.1, 0.15) is 18.3 Å². The number of fused-ring (bicyclic) bond motifs is 1. The fourth-order valence-electron chi connectivity index (χ4n) is 4.56. The zero-order valence-corrected chi connectivity index (χ0v) is 17.5. The molecule has 2 aliphatic rings. The zero-order valence-electron chi connectivity index (χ0n) is 16.8. The Morgan fingerprint density at radius 1 is 1.13 bits per heavy atom. The number of benzene rings is 1. The monoisotopic (exact) mass is 445 g/mol. The highest BCUT2D eigenvalue weighted by Gasteiger charge is 2.44. The standard InChI is InChI=1S/C21H24ClN5O4/c22-21-24-18(26-8-4-7-13(9-26)12-5-2-1-3-6-12)15-19(25-21)27(11-23-15)20-17(30)16(29)14(10-28)31-20/h1-3,5-6,11,13-14,16-17,20,28-30H,4,7-10H2. The Labute approximate surface area is 183 Å². The summed E-state index contributed by atoms with van der Waals surface area (Å²) in [5.41, 5.74) is 2.25. The Kier molecular flexibility index (Phi) is 5.53. The molecule has 1 aromatic carbocycles. The first-order valence-electron chi connectivity index (χ1n) is 10.4. The van der Waals surface area contributed by atoms with Crippen LogP contribution < -0.4 is 4.90 Å². The first-order chi connectivity index (χ1) is 15.1. The molecule has 0 aliphatic carbocycles. The molecule has 5 unspecified atom stereocenters. The molecular weight excluding hydrogens is 422 g/mol. The van der Waals surface area contributed by atoms with Crippen LogP contribution in [-0.4, -0.2) is 72.8 Å². The van der Waals surface area contributed by atoms with Gasteiger partial charge >= 0.3 is 0 Å². The minimum Gasteiger partial charge on any atom is -0.394 e. The molecule has 2 aliphatic heterocycles. The van der Waals surface area contributed by atoms with Crippen LogP contribution in [0.5, 0.6) is 0 Å². The Hall–Kier alpha value is -2.30. The molecule has 0 bridgehead atoms. The Morgan fingerprint density at radius 3 is 2.68 bits per heavy atom. The second-order valence-electron chi connectivity index (χ2n) is 8.07. The third-order valence-corrected chi connectivity index (χ3v) is 6.33. The molecule has 5 rings (SSSR count). The SMILES string of the molecule is OCC1OC(n2cnc3c(N4CCCC(c5ccccc5)C4)nc(Cl)nc32)C(O)C1O. The van der Waals surface area contributed by atoms with Crippen LogP contribution in [-0.2, 0) is 4.74 Å². The lowest BCUT2D eigenvalue weighted by atomic mass is 9.91. The van der Waals surface area contributed by atoms with E-state index in [1.54, 1.807) is 0 Å². The van der Waals surface area contributed by atoms with E-state index in [4.69, 9.17) is 16.3 Å². The largest absolute Gasteiger partial charge is 0.394 e. The Morgan fingerprint density at radius 2 is 1.94 bits per heavy atom. The number of nitrogens with zero attached hydrogens (tertiary/aromatic N) is 5. The van der Waals surface area contributed by atoms with Gasteiger partial charge < -0.3 is 25.0 Å². The topological polar surface area (TPSA) is 117 Å². The predicted octanol–water partition coefficient (Wildman–Crippen LogP) is 1.48. The Balaban J connectivity index is 1.49. The summed E-state index contributed by atoms with van der Waals surface area (Å²) in [6.07, 6.45) is -0.657. The predicted molar refractivity (Wildman–Crippen MR) is 114 cm³/mol. The molecule has 0 amide bonds. The van der Waals surface area contributed by atoms with Crippen molar-refractivity contribution in [2.75, 3.05) is 24.6 Å². The van der Waals surface area contributed by atoms with Crippen molar-refractivity contribution >= 4 is 28.6 Å². The van der Waals surface area contributed by atoms with Crippen LogP contribution in [0.2, 0.25) is 5.28 Å². The highest BCUT2D eigenvalue weighted by molar-refractivity contribution is 6.28. The molecule has 3 N–H and O–H groups in total. The lowest BCUT2D eigenvalue weighted by molar-refractivity contribution is -0.0511. The number of aliphatic hydroxyl groups excluding tert-OH is 3. The number of halogens is 1. The van der Waals surface area contributed by atoms with Crippen LogP contribution in [0.15, 0.2) is 36.7 Å². The van der Waals surface area contributed by atoms with Crippen molar-refractivity contribution in [3.63, 3.8) is 0 Å². The molecule has 3 aromatic rings. The maximum Gasteiger partial charge on any atom is 0.226 e. The van der Waals surface area contributed by atoms with Crippen molar-refractivity contribution in [1.29, 1.82) is 0 Å². The van der Waals surface area contributed by atoms with E-state index in [9.17, 15) is 15.3 Å². The van der Waals surface area contributed by atoms with E-state index < -0.39 is 31.1 Å². The fraction of sp³-hybridized carbons (Fsp3) is 0.476. The van der Waals surface area contributed by atoms with Gasteiger partial charge in [-0.3, -0.25) is 4.57 Å². The fourth-order valence-corrected chi connectivity index (χ4v) is 4.72. The van der Waals surface area contributed by atoms with Crippen molar-refractivity contribution in [2.45, 2.75) is 43.3 Å². The van der Waals surface area contributed by atoms with Gasteiger partial charge in [-0.1, -0.05) is 30.3 Å². The van der Waals surface area contributed by atoms with Crippen LogP contribution in [0.3, 0.4) is 0 Å². The summed E-state index contributed by atoms with van der Waals surface area (Å²) in [5, 5.41) is 30.0. The molecule has 10 heteroatoms. The third kappa shape index (κ3) is 3.66. The summed E-state index contributed by atoms with van der Waals surface area (Å²) >= 11 is 6.27. The number of piperidine rings is 1. The number of hydrogen-bond acceptors (Lipinski definition) is 8. The van der Waals surface area contributed by atoms with Crippen molar-refractivity contribution in [1.82, 2.24) is 19.5 Å². The van der Waals surface area contributed by atoms with Gasteiger partial charge in [-0.15, -0.1) is 0 Å². The summed E-state index contributed by atoms with van der Waals surface area (Å²) in [5.74, 6) is 1.02. The van der Waals surface area contributed by atoms with E-state index in [0.717, 1.165) is 25.9 Å². The smallest absolute Gasteiger partial charge is 0.226 e. The second kappa shape index (κ2) is 8.33. The van der Waals surface area contributed by atoms with Gasteiger partial charge in [-0.2, -0.15) is 9.97 Å². The molecule has 9 nitrogen and oxygen atoms in total. The molecule has 5 atom stereocenters. The third-order valence-electron chi connectivity index (χ3n) is 6.16. The quantitative estimate of drug-likeness (QED) is 0.517. The molecular formula is C21H24ClN5O4. The number of ether oxygens (including phenoxy) is 1. The van der Waals surface area contributed by atoms with Crippen LogP contribution in [0.4, 0.5) is 5.82 Å². The average Bonchev–Trinajstić information content (AvgIpc) is 3.34. The maximum absolute atomic E-state index is 10.4. The van der Waals surface area contributed by atoms with Gasteiger partial charge in [0.2, 0.25) is 5.28 Å². The Bertz CT molecular complexity index is 1060. The lowest BCUT2D eigenvalue weighted by Gasteiger charge is -2.34. The van der Waals surface area contributed by atoms with Crippen molar-refractivity contribution in [3.05, 3.63) is 47.5 Å². The molecule has 164 valence electrons. The normalized spacial score (nSPS) is 29.0. The first-order valence-corrected chi connectivity index (χ1v) is 10.8. The van der Waals surface area contributed by atoms with Gasteiger partial charge in [0.05, 0.1) is 12.9 Å². The number of rotatable bonds is 4. The van der Waals surface area contributed by atoms with Crippen LogP contribution in [0.25, 0.3) is 11.2 Å². The van der Waals surface area contributed by atoms with E-state index in [0.29, 0.717) is 22.9 Å². The highest BCUT2D eigenvalue weighted by atomic mass is 35.5. The van der Waals surface area contributed by atoms with E-state index in [1.165, 1.54) is 16.5 Å². The summed E-state index contributed by atoms with van der Waals surface area (Å²) in [4.78, 5) is 15.4. The molecule has 2 aromatic heterocycles. The van der Waals surface area contributed by atoms with Crippen molar-refractivity contribution < 1.29 is 20.1 Å². The number of imidazole rings is 1. The average molecular weight is 446 g/mol. The summed E-state index contributed by atoms with van der Waals surface area (Å²) in [6, 6.07) is 10.4. The number of aromatic nitrogens is 4. The van der Waals surface area contributed by atoms with Gasteiger partial charge in [0.25, 0.3) is 0 Å². The van der Waals surface area contributed by atoms with Crippen LogP contribution in [0, 0.1) is 0 Å². The molecule has 0 saturated carbocycles. The molecule has 0 spiro atoms. The van der Waals surface area contributed by atoms with Gasteiger partial charge in [0, 0.05) is 19.0 Å². The van der Waals surface area contributed by atoms with Gasteiger partial charge in [-0.25, -0.2) is 4.98 Å². The van der Waals surface area contributed by atoms with Crippen LogP contribution in [0.1, 0.15) is 30.6 Å². The van der Waals surface area contributed by atoms with E-state index in [1.807, 2.05) is 6.07 Å². The minimum absolute atomic E-state index is 0.0674. The summed E-state index contributed by atoms with van der Waals surface area (Å²) < 4.78 is 7.18. The molecule has 2 saturated heterocycles. The van der Waals surface area contributed by atoms with E-state index in [2.05, 4.69) is 44.1 Å². The van der Waals surface area contributed by atoms with Gasteiger partial charge in [-0.05, 0) is 30.0 Å². The highest BCUT2D eigenvalue weighted by Crippen LogP contribution is 2.35. The van der Waals surface area contributed by atoms with Crippen LogP contribution >= 0.6 is 11.6 Å². The van der Waals surface area contributed by atoms with Crippen molar-refractivity contribution in [3.8, 4) is 0 Å². The molecule has 2 fully saturated rings. The second-order valence-corrected chi connectivity index (χ2v) is 8.40. The zero-order chi connectivity index (χ0) is 21.5. The summed E-state index contributed by atoms with van der Waals surface area (Å²) in [7, 11) is 0. The van der Waals surface area contributed by atoms with E-state index in [-0.39, 0.29) is 5.28 Å².